The summed E-state index contributed by atoms with van der Waals surface area (Å²) in [5.74, 6) is 0.771. The third-order valence-corrected chi connectivity index (χ3v) is 5.97. The number of hydrogen-bond donors (Lipinski definition) is 2. The molecule has 0 aromatic heterocycles. The predicted molar refractivity (Wildman–Crippen MR) is 131 cm³/mol. The molecule has 0 unspecified atom stereocenters. The third-order valence-electron chi connectivity index (χ3n) is 5.97. The molecular weight excluding hydrogens is 430 g/mol. The van der Waals surface area contributed by atoms with Crippen LogP contribution in [0, 0.1) is 0 Å². The van der Waals surface area contributed by atoms with Gasteiger partial charge in [0.1, 0.15) is 19.0 Å². The lowest BCUT2D eigenvalue weighted by Crippen LogP contribution is -2.29. The largest absolute Gasteiger partial charge is 0.491 e. The molecule has 4 rings (SSSR count). The highest BCUT2D eigenvalue weighted by Gasteiger charge is 2.28. The van der Waals surface area contributed by atoms with Crippen molar-refractivity contribution in [3.05, 3.63) is 89.0 Å². The van der Waals surface area contributed by atoms with E-state index in [1.165, 1.54) is 22.3 Å². The number of ether oxygens (including phenoxy) is 3. The molecule has 0 saturated carbocycles. The number of carbonyl (C=O) groups excluding carboxylic acids is 1. The topological polar surface area (TPSA) is 77.0 Å². The van der Waals surface area contributed by atoms with Gasteiger partial charge in [0.15, 0.2) is 0 Å². The van der Waals surface area contributed by atoms with Gasteiger partial charge in [-0.2, -0.15) is 0 Å². The fourth-order valence-electron chi connectivity index (χ4n) is 4.30. The number of aliphatic hydroxyl groups is 1. The quantitative estimate of drug-likeness (QED) is 0.406. The number of carbonyl (C=O) groups is 1. The van der Waals surface area contributed by atoms with Crippen molar-refractivity contribution >= 4 is 6.09 Å². The number of rotatable bonds is 11. The van der Waals surface area contributed by atoms with Crippen LogP contribution in [0.4, 0.5) is 4.79 Å². The van der Waals surface area contributed by atoms with Crippen LogP contribution in [-0.4, -0.2) is 44.2 Å². The Morgan fingerprint density at radius 3 is 2.26 bits per heavy atom. The summed E-state index contributed by atoms with van der Waals surface area (Å²) in [4.78, 5) is 12.2. The van der Waals surface area contributed by atoms with Crippen LogP contribution < -0.4 is 10.1 Å². The van der Waals surface area contributed by atoms with Crippen LogP contribution in [0.25, 0.3) is 11.1 Å². The van der Waals surface area contributed by atoms with E-state index >= 15 is 0 Å². The highest BCUT2D eigenvalue weighted by atomic mass is 16.6. The summed E-state index contributed by atoms with van der Waals surface area (Å²) in [6, 6.07) is 22.3. The van der Waals surface area contributed by atoms with Crippen molar-refractivity contribution in [2.45, 2.75) is 25.9 Å². The molecule has 0 aliphatic heterocycles. The van der Waals surface area contributed by atoms with Gasteiger partial charge in [0, 0.05) is 12.5 Å². The molecule has 1 amide bonds. The third kappa shape index (κ3) is 5.76. The molecule has 3 aromatic carbocycles. The number of hydrogen-bond acceptors (Lipinski definition) is 5. The molecule has 0 fully saturated rings. The van der Waals surface area contributed by atoms with Crippen molar-refractivity contribution in [1.29, 1.82) is 0 Å². The van der Waals surface area contributed by atoms with E-state index in [2.05, 4.69) is 36.5 Å². The van der Waals surface area contributed by atoms with E-state index in [-0.39, 0.29) is 12.5 Å². The molecule has 1 aliphatic carbocycles. The Bertz CT molecular complexity index is 1050. The van der Waals surface area contributed by atoms with Gasteiger partial charge in [-0.05, 0) is 51.9 Å². The number of amides is 1. The zero-order valence-electron chi connectivity index (χ0n) is 19.5. The Morgan fingerprint density at radius 2 is 1.59 bits per heavy atom. The summed E-state index contributed by atoms with van der Waals surface area (Å²) in [6.07, 6.45) is 0.428. The zero-order chi connectivity index (χ0) is 23.8. The van der Waals surface area contributed by atoms with Crippen LogP contribution in [0.2, 0.25) is 0 Å². The Morgan fingerprint density at radius 1 is 0.912 bits per heavy atom. The molecule has 34 heavy (non-hydrogen) atoms. The lowest BCUT2D eigenvalue weighted by Gasteiger charge is -2.14. The van der Waals surface area contributed by atoms with E-state index < -0.39 is 6.09 Å². The van der Waals surface area contributed by atoms with E-state index in [4.69, 9.17) is 14.2 Å². The number of fused-ring (bicyclic) bond motifs is 3. The fraction of sp³-hybridized carbons (Fsp3) is 0.321. The normalized spacial score (nSPS) is 12.2. The standard InChI is InChI=1S/C28H31NO5/c1-2-20-15-21(18-30)17-22(16-20)33-14-13-32-12-11-29-28(31)34-19-27-25-9-5-3-7-23(25)24-8-4-6-10-26(24)27/h3-10,15-17,27,30H,2,11-14,18-19H2,1H3,(H,29,31). The van der Waals surface area contributed by atoms with Crippen LogP contribution in [0.5, 0.6) is 5.75 Å². The lowest BCUT2D eigenvalue weighted by atomic mass is 9.98. The maximum Gasteiger partial charge on any atom is 0.407 e. The van der Waals surface area contributed by atoms with Gasteiger partial charge < -0.3 is 24.6 Å². The van der Waals surface area contributed by atoms with Crippen molar-refractivity contribution in [3.8, 4) is 16.9 Å². The molecule has 0 atom stereocenters. The molecule has 0 spiro atoms. The van der Waals surface area contributed by atoms with Gasteiger partial charge in [0.2, 0.25) is 0 Å². The van der Waals surface area contributed by atoms with E-state index in [9.17, 15) is 9.90 Å². The maximum atomic E-state index is 12.2. The minimum Gasteiger partial charge on any atom is -0.491 e. The number of alkyl carbamates (subject to hydrolysis) is 1. The Labute approximate surface area is 200 Å². The monoisotopic (exact) mass is 461 g/mol. The fourth-order valence-corrected chi connectivity index (χ4v) is 4.30. The van der Waals surface area contributed by atoms with Gasteiger partial charge in [-0.25, -0.2) is 4.79 Å². The summed E-state index contributed by atoms with van der Waals surface area (Å²) < 4.78 is 16.8. The first-order valence-corrected chi connectivity index (χ1v) is 11.7. The summed E-state index contributed by atoms with van der Waals surface area (Å²) in [6.45, 7) is 3.86. The van der Waals surface area contributed by atoms with E-state index in [1.54, 1.807) is 0 Å². The first kappa shape index (κ1) is 23.8. The summed E-state index contributed by atoms with van der Waals surface area (Å²) in [5, 5.41) is 12.1. The Balaban J connectivity index is 1.14. The minimum absolute atomic E-state index is 0.0117. The van der Waals surface area contributed by atoms with Crippen LogP contribution in [0.1, 0.15) is 35.1 Å². The van der Waals surface area contributed by atoms with Crippen molar-refractivity contribution in [1.82, 2.24) is 5.32 Å². The number of nitrogens with one attached hydrogen (secondary N) is 1. The van der Waals surface area contributed by atoms with Crippen LogP contribution in [0.3, 0.4) is 0 Å². The van der Waals surface area contributed by atoms with E-state index in [0.29, 0.717) is 33.0 Å². The minimum atomic E-state index is -0.449. The highest BCUT2D eigenvalue weighted by molar-refractivity contribution is 5.79. The first-order chi connectivity index (χ1) is 16.7. The maximum absolute atomic E-state index is 12.2. The second kappa shape index (κ2) is 11.7. The van der Waals surface area contributed by atoms with E-state index in [1.807, 2.05) is 42.5 Å². The molecule has 0 bridgehead atoms. The summed E-state index contributed by atoms with van der Waals surface area (Å²) in [7, 11) is 0. The van der Waals surface area contributed by atoms with Crippen LogP contribution in [-0.2, 0) is 22.5 Å². The molecule has 0 radical (unpaired) electrons. The Kier molecular flexibility index (Phi) is 8.17. The second-order valence-corrected chi connectivity index (χ2v) is 8.21. The van der Waals surface area contributed by atoms with Gasteiger partial charge in [0.05, 0.1) is 19.8 Å². The van der Waals surface area contributed by atoms with Crippen LogP contribution >= 0.6 is 0 Å². The average molecular weight is 462 g/mol. The van der Waals surface area contributed by atoms with Gasteiger partial charge in [-0.3, -0.25) is 0 Å². The van der Waals surface area contributed by atoms with Crippen molar-refractivity contribution in [2.75, 3.05) is 33.0 Å². The average Bonchev–Trinajstić information content (AvgIpc) is 3.20. The molecular formula is C28H31NO5. The van der Waals surface area contributed by atoms with Gasteiger partial charge in [-0.15, -0.1) is 0 Å². The first-order valence-electron chi connectivity index (χ1n) is 11.7. The molecule has 6 nitrogen and oxygen atoms in total. The van der Waals surface area contributed by atoms with E-state index in [0.717, 1.165) is 23.3 Å². The zero-order valence-corrected chi connectivity index (χ0v) is 19.5. The number of aryl methyl sites for hydroxylation is 1. The molecule has 2 N–H and O–H groups in total. The van der Waals surface area contributed by atoms with Crippen molar-refractivity contribution in [2.24, 2.45) is 0 Å². The number of benzene rings is 3. The number of aliphatic hydroxyl groups excluding tert-OH is 1. The molecule has 1 aliphatic rings. The lowest BCUT2D eigenvalue weighted by molar-refractivity contribution is 0.0971. The summed E-state index contributed by atoms with van der Waals surface area (Å²) >= 11 is 0. The molecule has 178 valence electrons. The molecule has 6 heteroatoms. The van der Waals surface area contributed by atoms with Gasteiger partial charge in [0.25, 0.3) is 0 Å². The van der Waals surface area contributed by atoms with Crippen molar-refractivity contribution < 1.29 is 24.1 Å². The predicted octanol–water partition coefficient (Wildman–Crippen LogP) is 4.68. The second-order valence-electron chi connectivity index (χ2n) is 8.21. The van der Waals surface area contributed by atoms with Gasteiger partial charge >= 0.3 is 6.09 Å². The molecule has 0 saturated heterocycles. The van der Waals surface area contributed by atoms with Crippen LogP contribution in [0.15, 0.2) is 66.7 Å². The van der Waals surface area contributed by atoms with Crippen molar-refractivity contribution in [3.63, 3.8) is 0 Å². The molecule has 3 aromatic rings. The highest BCUT2D eigenvalue weighted by Crippen LogP contribution is 2.44. The molecule has 0 heterocycles. The SMILES string of the molecule is CCc1cc(CO)cc(OCCOCCNC(=O)OCC2c3ccccc3-c3ccccc32)c1. The van der Waals surface area contributed by atoms with Gasteiger partial charge in [-0.1, -0.05) is 61.5 Å². The Hall–Kier alpha value is -3.35. The smallest absolute Gasteiger partial charge is 0.407 e. The summed E-state index contributed by atoms with van der Waals surface area (Å²) in [5.41, 5.74) is 6.75.